The summed E-state index contributed by atoms with van der Waals surface area (Å²) < 4.78 is 22.2. The van der Waals surface area contributed by atoms with Crippen molar-refractivity contribution in [3.8, 4) is 33.6 Å². The van der Waals surface area contributed by atoms with Crippen molar-refractivity contribution >= 4 is 24.0 Å². The quantitative estimate of drug-likeness (QED) is 0.132. The van der Waals surface area contributed by atoms with E-state index in [9.17, 15) is 19.2 Å². The number of likely N-dealkylation sites (tertiary alicyclic amines) is 2. The third kappa shape index (κ3) is 8.89. The average molecular weight is 825 g/mol. The first kappa shape index (κ1) is 42.4. The normalized spacial score (nSPS) is 20.5. The molecule has 320 valence electrons. The van der Waals surface area contributed by atoms with E-state index < -0.39 is 36.1 Å². The number of ether oxygens (including phenoxy) is 4. The number of nitrogens with one attached hydrogen (secondary N) is 4. The van der Waals surface area contributed by atoms with Crippen LogP contribution in [-0.2, 0) is 28.5 Å². The lowest BCUT2D eigenvalue weighted by Crippen LogP contribution is -2.53. The molecule has 3 aliphatic rings. The Morgan fingerprint density at radius 3 is 1.82 bits per heavy atom. The number of methoxy groups -OCH3 is 2. The smallest absolute Gasteiger partial charge is 0.407 e. The summed E-state index contributed by atoms with van der Waals surface area (Å²) in [6.45, 7) is 11.5. The second kappa shape index (κ2) is 17.5. The third-order valence-electron chi connectivity index (χ3n) is 11.7. The minimum atomic E-state index is -0.992. The highest BCUT2D eigenvalue weighted by Crippen LogP contribution is 2.44. The molecule has 2 aromatic heterocycles. The molecular weight excluding hydrogens is 769 g/mol. The van der Waals surface area contributed by atoms with Crippen molar-refractivity contribution in [2.75, 3.05) is 40.5 Å². The van der Waals surface area contributed by atoms with Gasteiger partial charge in [-0.2, -0.15) is 0 Å². The first-order chi connectivity index (χ1) is 28.7. The molecule has 0 unspecified atom stereocenters. The van der Waals surface area contributed by atoms with E-state index in [1.54, 1.807) is 22.2 Å². The molecule has 3 aliphatic heterocycles. The van der Waals surface area contributed by atoms with E-state index in [0.29, 0.717) is 44.2 Å². The number of hydrogen-bond donors (Lipinski definition) is 4. The van der Waals surface area contributed by atoms with Gasteiger partial charge in [0.05, 0.1) is 69.8 Å². The van der Waals surface area contributed by atoms with Crippen LogP contribution < -0.4 is 10.6 Å². The molecule has 0 aliphatic carbocycles. The van der Waals surface area contributed by atoms with Gasteiger partial charge in [0.2, 0.25) is 11.8 Å². The lowest BCUT2D eigenvalue weighted by molar-refractivity contribution is -0.290. The van der Waals surface area contributed by atoms with Gasteiger partial charge in [-0.15, -0.1) is 0 Å². The van der Waals surface area contributed by atoms with Crippen LogP contribution in [0.15, 0.2) is 60.9 Å². The monoisotopic (exact) mass is 824 g/mol. The summed E-state index contributed by atoms with van der Waals surface area (Å²) in [5.41, 5.74) is 5.44. The van der Waals surface area contributed by atoms with E-state index in [4.69, 9.17) is 23.9 Å². The highest BCUT2D eigenvalue weighted by molar-refractivity contribution is 5.87. The van der Waals surface area contributed by atoms with Crippen molar-refractivity contribution < 1.29 is 38.1 Å². The summed E-state index contributed by atoms with van der Waals surface area (Å²) in [4.78, 5) is 71.4. The Labute approximate surface area is 350 Å². The molecule has 4 N–H and O–H groups in total. The van der Waals surface area contributed by atoms with Crippen LogP contribution in [0.1, 0.15) is 84.0 Å². The van der Waals surface area contributed by atoms with E-state index in [1.807, 2.05) is 45.0 Å². The van der Waals surface area contributed by atoms with Gasteiger partial charge in [0.25, 0.3) is 0 Å². The Morgan fingerprint density at radius 1 is 0.783 bits per heavy atom. The molecule has 0 saturated carbocycles. The van der Waals surface area contributed by atoms with Crippen LogP contribution in [0.3, 0.4) is 0 Å². The third-order valence-corrected chi connectivity index (χ3v) is 11.7. The van der Waals surface area contributed by atoms with Crippen LogP contribution in [0.25, 0.3) is 33.6 Å². The SMILES string of the molecule is CC[C@H](NC(=O)OC)C(=O)N1CCC[C@H]1c1ncc(-c2ccc(-c3ccc(-c4cnc([C@@H]5CC6(CN5C(=O)[C@@H](NC(=O)OC)C(C)C)OCC(C)(C)CO6)[nH]4)cc3)cc2)[nH]1. The van der Waals surface area contributed by atoms with Gasteiger partial charge in [-0.1, -0.05) is 83.1 Å². The number of aromatic nitrogens is 4. The van der Waals surface area contributed by atoms with Gasteiger partial charge in [0, 0.05) is 18.4 Å². The minimum Gasteiger partial charge on any atom is -0.453 e. The topological polar surface area (TPSA) is 193 Å². The molecule has 5 heterocycles. The number of benzene rings is 2. The molecule has 4 aromatic rings. The summed E-state index contributed by atoms with van der Waals surface area (Å²) in [5, 5.41) is 5.36. The molecular formula is C44H56N8O8. The second-order valence-electron chi connectivity index (χ2n) is 17.0. The van der Waals surface area contributed by atoms with Crippen molar-refractivity contribution in [2.24, 2.45) is 11.3 Å². The summed E-state index contributed by atoms with van der Waals surface area (Å²) in [6, 6.07) is 14.2. The Hall–Kier alpha value is -5.74. The van der Waals surface area contributed by atoms with Crippen molar-refractivity contribution in [1.29, 1.82) is 0 Å². The fraction of sp³-hybridized carbons (Fsp3) is 0.500. The summed E-state index contributed by atoms with van der Waals surface area (Å²) >= 11 is 0. The maximum atomic E-state index is 14.2. The van der Waals surface area contributed by atoms with E-state index in [1.165, 1.54) is 14.2 Å². The summed E-state index contributed by atoms with van der Waals surface area (Å²) in [6.07, 6.45) is 4.72. The standard InChI is InChI=1S/C44H56N8O8/c1-8-31(49-41(55)57-6)39(53)51-19-9-10-34(51)37-45-21-32(47-37)29-15-11-27(12-16-29)28-13-17-30(18-14-28)33-22-46-38(48-33)35-20-44(59-24-43(4,5)25-60-44)23-52(35)40(54)36(26(2)3)50-42(56)58-7/h11-18,21-22,26,31,34-36H,8-10,19-20,23-25H2,1-7H3,(H,45,47)(H,46,48)(H,49,55)(H,50,56)/t31-,34-,35-,36-/m0/s1. The predicted molar refractivity (Wildman–Crippen MR) is 222 cm³/mol. The molecule has 1 spiro atoms. The number of amides is 4. The number of imidazole rings is 2. The van der Waals surface area contributed by atoms with Gasteiger partial charge < -0.3 is 49.3 Å². The van der Waals surface area contributed by atoms with E-state index >= 15 is 0 Å². The molecule has 16 heteroatoms. The first-order valence-corrected chi connectivity index (χ1v) is 20.6. The zero-order valence-electron chi connectivity index (χ0n) is 35.4. The first-order valence-electron chi connectivity index (χ1n) is 20.6. The fourth-order valence-electron chi connectivity index (χ4n) is 8.18. The number of rotatable bonds is 11. The minimum absolute atomic E-state index is 0.146. The van der Waals surface area contributed by atoms with Crippen molar-refractivity contribution in [3.05, 3.63) is 72.6 Å². The molecule has 16 nitrogen and oxygen atoms in total. The predicted octanol–water partition coefficient (Wildman–Crippen LogP) is 6.36. The molecule has 4 atom stereocenters. The van der Waals surface area contributed by atoms with Crippen LogP contribution in [0.5, 0.6) is 0 Å². The number of H-pyrrole nitrogens is 2. The van der Waals surface area contributed by atoms with Gasteiger partial charge in [0.1, 0.15) is 23.7 Å². The average Bonchev–Trinajstić information content (AvgIpc) is 4.09. The highest BCUT2D eigenvalue weighted by Gasteiger charge is 2.53. The van der Waals surface area contributed by atoms with E-state index in [2.05, 4.69) is 63.7 Å². The Kier molecular flexibility index (Phi) is 12.3. The molecule has 2 aromatic carbocycles. The van der Waals surface area contributed by atoms with Gasteiger partial charge in [-0.25, -0.2) is 19.6 Å². The number of aromatic amines is 2. The van der Waals surface area contributed by atoms with Crippen LogP contribution >= 0.6 is 0 Å². The Balaban J connectivity index is 1.04. The second-order valence-corrected chi connectivity index (χ2v) is 17.0. The molecule has 0 bridgehead atoms. The largest absolute Gasteiger partial charge is 0.453 e. The Morgan fingerprint density at radius 2 is 1.30 bits per heavy atom. The van der Waals surface area contributed by atoms with E-state index in [0.717, 1.165) is 46.5 Å². The fourth-order valence-corrected chi connectivity index (χ4v) is 8.18. The zero-order chi connectivity index (χ0) is 42.8. The molecule has 0 radical (unpaired) electrons. The zero-order valence-corrected chi connectivity index (χ0v) is 35.4. The Bertz CT molecular complexity index is 2150. The molecule has 3 fully saturated rings. The van der Waals surface area contributed by atoms with Crippen LogP contribution in [0, 0.1) is 11.3 Å². The number of nitrogens with zero attached hydrogens (tertiary/aromatic N) is 4. The number of carbonyl (C=O) groups is 4. The van der Waals surface area contributed by atoms with Gasteiger partial charge in [-0.3, -0.25) is 9.59 Å². The molecule has 7 rings (SSSR count). The van der Waals surface area contributed by atoms with Crippen molar-refractivity contribution in [1.82, 2.24) is 40.4 Å². The number of alkyl carbamates (subject to hydrolysis) is 2. The van der Waals surface area contributed by atoms with Crippen LogP contribution in [0.4, 0.5) is 9.59 Å². The highest BCUT2D eigenvalue weighted by atomic mass is 16.7. The number of hydrogen-bond acceptors (Lipinski definition) is 10. The summed E-state index contributed by atoms with van der Waals surface area (Å²) in [7, 11) is 2.56. The lowest BCUT2D eigenvalue weighted by atomic mass is 9.94. The van der Waals surface area contributed by atoms with Gasteiger partial charge >= 0.3 is 12.2 Å². The van der Waals surface area contributed by atoms with Crippen molar-refractivity contribution in [3.63, 3.8) is 0 Å². The molecule has 4 amide bonds. The van der Waals surface area contributed by atoms with Gasteiger partial charge in [0.15, 0.2) is 5.79 Å². The maximum Gasteiger partial charge on any atom is 0.407 e. The van der Waals surface area contributed by atoms with Crippen molar-refractivity contribution in [2.45, 2.75) is 90.3 Å². The van der Waals surface area contributed by atoms with E-state index in [-0.39, 0.29) is 35.7 Å². The van der Waals surface area contributed by atoms with Crippen LogP contribution in [-0.4, -0.2) is 112 Å². The number of carbonyl (C=O) groups excluding carboxylic acids is 4. The van der Waals surface area contributed by atoms with Gasteiger partial charge in [-0.05, 0) is 47.4 Å². The maximum absolute atomic E-state index is 14.2. The molecule has 60 heavy (non-hydrogen) atoms. The van der Waals surface area contributed by atoms with Crippen LogP contribution in [0.2, 0.25) is 0 Å². The summed E-state index contributed by atoms with van der Waals surface area (Å²) in [5.74, 6) is -0.290. The lowest BCUT2D eigenvalue weighted by Gasteiger charge is -2.41. The molecule has 3 saturated heterocycles.